The second-order valence-electron chi connectivity index (χ2n) is 4.05. The van der Waals surface area contributed by atoms with Gasteiger partial charge in [0.2, 0.25) is 0 Å². The summed E-state index contributed by atoms with van der Waals surface area (Å²) in [5.41, 5.74) is 2.93. The minimum Gasteiger partial charge on any atom is -0.464 e. The van der Waals surface area contributed by atoms with Gasteiger partial charge < -0.3 is 4.42 Å². The number of furan rings is 1. The van der Waals surface area contributed by atoms with Crippen LogP contribution in [0, 0.1) is 0 Å². The van der Waals surface area contributed by atoms with E-state index in [1.54, 1.807) is 17.1 Å². The van der Waals surface area contributed by atoms with Crippen LogP contribution < -0.4 is 0 Å². The molecule has 0 radical (unpaired) electrons. The third kappa shape index (κ3) is 1.54. The molecule has 4 nitrogen and oxygen atoms in total. The summed E-state index contributed by atoms with van der Waals surface area (Å²) in [4.78, 5) is 11.1. The molecule has 1 aromatic carbocycles. The number of aryl methyl sites for hydroxylation is 1. The van der Waals surface area contributed by atoms with Crippen LogP contribution in [-0.4, -0.2) is 16.1 Å². The third-order valence-corrected chi connectivity index (χ3v) is 2.98. The van der Waals surface area contributed by atoms with Gasteiger partial charge in [-0.15, -0.1) is 0 Å². The lowest BCUT2D eigenvalue weighted by molar-refractivity contribution is 0.112. The predicted octanol–water partition coefficient (Wildman–Crippen LogP) is 3.13. The molecule has 0 aliphatic heterocycles. The summed E-state index contributed by atoms with van der Waals surface area (Å²) in [6.45, 7) is 2.72. The Hall–Kier alpha value is -2.36. The van der Waals surface area contributed by atoms with Crippen LogP contribution in [0.15, 0.2) is 41.1 Å². The smallest absolute Gasteiger partial charge is 0.153 e. The van der Waals surface area contributed by atoms with Crippen LogP contribution >= 0.6 is 0 Å². The van der Waals surface area contributed by atoms with Crippen LogP contribution in [-0.2, 0) is 6.54 Å². The van der Waals surface area contributed by atoms with Gasteiger partial charge in [-0.1, -0.05) is 18.2 Å². The highest BCUT2D eigenvalue weighted by molar-refractivity contribution is 5.97. The van der Waals surface area contributed by atoms with Crippen molar-refractivity contribution in [2.75, 3.05) is 0 Å². The van der Waals surface area contributed by atoms with E-state index in [1.807, 2.05) is 31.2 Å². The van der Waals surface area contributed by atoms with E-state index in [1.165, 1.54) is 0 Å². The molecule has 0 fully saturated rings. The first-order valence-corrected chi connectivity index (χ1v) is 5.82. The number of carbonyl (C=O) groups excluding carboxylic acids is 1. The standard InChI is InChI=1S/C14H12N2O2/c1-2-16-7-10(8-17)14(15-16)12-9-18-13-6-4-3-5-11(12)13/h3-9H,2H2,1H3. The van der Waals surface area contributed by atoms with Crippen LogP contribution in [0.1, 0.15) is 17.3 Å². The van der Waals surface area contributed by atoms with Crippen molar-refractivity contribution in [3.8, 4) is 11.3 Å². The van der Waals surface area contributed by atoms with Gasteiger partial charge in [-0.25, -0.2) is 0 Å². The minimum absolute atomic E-state index is 0.586. The van der Waals surface area contributed by atoms with E-state index >= 15 is 0 Å². The Morgan fingerprint density at radius 3 is 3.00 bits per heavy atom. The van der Waals surface area contributed by atoms with Crippen molar-refractivity contribution in [2.45, 2.75) is 13.5 Å². The van der Waals surface area contributed by atoms with E-state index in [2.05, 4.69) is 5.10 Å². The Kier molecular flexibility index (Phi) is 2.48. The number of fused-ring (bicyclic) bond motifs is 1. The summed E-state index contributed by atoms with van der Waals surface area (Å²) >= 11 is 0. The van der Waals surface area contributed by atoms with Gasteiger partial charge in [0, 0.05) is 23.7 Å². The fourth-order valence-electron chi connectivity index (χ4n) is 2.06. The van der Waals surface area contributed by atoms with Crippen molar-refractivity contribution < 1.29 is 9.21 Å². The zero-order chi connectivity index (χ0) is 12.5. The van der Waals surface area contributed by atoms with E-state index in [4.69, 9.17) is 4.42 Å². The molecule has 90 valence electrons. The van der Waals surface area contributed by atoms with Crippen molar-refractivity contribution in [1.29, 1.82) is 0 Å². The number of hydrogen-bond donors (Lipinski definition) is 0. The number of nitrogens with zero attached hydrogens (tertiary/aromatic N) is 2. The lowest BCUT2D eigenvalue weighted by Crippen LogP contribution is -1.93. The van der Waals surface area contributed by atoms with Crippen LogP contribution in [0.4, 0.5) is 0 Å². The van der Waals surface area contributed by atoms with E-state index in [0.29, 0.717) is 11.3 Å². The third-order valence-electron chi connectivity index (χ3n) is 2.98. The van der Waals surface area contributed by atoms with Crippen LogP contribution in [0.2, 0.25) is 0 Å². The molecule has 3 rings (SSSR count). The molecule has 0 spiro atoms. The Morgan fingerprint density at radius 2 is 2.22 bits per heavy atom. The molecule has 0 N–H and O–H groups in total. The van der Waals surface area contributed by atoms with Crippen molar-refractivity contribution in [2.24, 2.45) is 0 Å². The Bertz CT molecular complexity index is 709. The molecule has 0 bridgehead atoms. The van der Waals surface area contributed by atoms with E-state index < -0.39 is 0 Å². The maximum Gasteiger partial charge on any atom is 0.153 e. The summed E-state index contributed by atoms with van der Waals surface area (Å²) in [5.74, 6) is 0. The van der Waals surface area contributed by atoms with Gasteiger partial charge in [0.15, 0.2) is 6.29 Å². The molecule has 0 atom stereocenters. The first kappa shape index (κ1) is 10.8. The molecule has 18 heavy (non-hydrogen) atoms. The number of para-hydroxylation sites is 1. The average molecular weight is 240 g/mol. The quantitative estimate of drug-likeness (QED) is 0.661. The number of aldehydes is 1. The molecule has 0 amide bonds. The number of hydrogen-bond acceptors (Lipinski definition) is 3. The molecule has 0 saturated carbocycles. The Labute approximate surface area is 104 Å². The van der Waals surface area contributed by atoms with Crippen molar-refractivity contribution in [3.63, 3.8) is 0 Å². The zero-order valence-corrected chi connectivity index (χ0v) is 9.96. The van der Waals surface area contributed by atoms with Gasteiger partial charge in [-0.2, -0.15) is 5.10 Å². The largest absolute Gasteiger partial charge is 0.464 e. The molecule has 0 aliphatic rings. The second kappa shape index (κ2) is 4.14. The SMILES string of the molecule is CCn1cc(C=O)c(-c2coc3ccccc23)n1. The Balaban J connectivity index is 2.25. The fourth-order valence-corrected chi connectivity index (χ4v) is 2.06. The normalized spacial score (nSPS) is 10.9. The first-order valence-electron chi connectivity index (χ1n) is 5.82. The van der Waals surface area contributed by atoms with Gasteiger partial charge in [0.05, 0.1) is 5.56 Å². The monoisotopic (exact) mass is 240 g/mol. The Morgan fingerprint density at radius 1 is 1.39 bits per heavy atom. The average Bonchev–Trinajstić information content (AvgIpc) is 3.01. The van der Waals surface area contributed by atoms with Gasteiger partial charge in [-0.05, 0) is 13.0 Å². The van der Waals surface area contributed by atoms with Crippen LogP contribution in [0.25, 0.3) is 22.2 Å². The first-order chi connectivity index (χ1) is 8.83. The van der Waals surface area contributed by atoms with Crippen LogP contribution in [0.5, 0.6) is 0 Å². The molecule has 4 heteroatoms. The molecule has 0 unspecified atom stereocenters. The lowest BCUT2D eigenvalue weighted by atomic mass is 10.1. The van der Waals surface area contributed by atoms with Crippen molar-refractivity contribution >= 4 is 17.3 Å². The van der Waals surface area contributed by atoms with E-state index in [9.17, 15) is 4.79 Å². The highest BCUT2D eigenvalue weighted by Gasteiger charge is 2.15. The number of rotatable bonds is 3. The highest BCUT2D eigenvalue weighted by Crippen LogP contribution is 2.30. The summed E-state index contributed by atoms with van der Waals surface area (Å²) in [5, 5.41) is 5.39. The van der Waals surface area contributed by atoms with Gasteiger partial charge in [0.1, 0.15) is 17.5 Å². The van der Waals surface area contributed by atoms with E-state index in [-0.39, 0.29) is 0 Å². The summed E-state index contributed by atoms with van der Waals surface area (Å²) < 4.78 is 7.23. The van der Waals surface area contributed by atoms with E-state index in [0.717, 1.165) is 29.4 Å². The number of benzene rings is 1. The molecular formula is C14H12N2O2. The maximum atomic E-state index is 11.1. The van der Waals surface area contributed by atoms with Crippen molar-refractivity contribution in [3.05, 3.63) is 42.3 Å². The topological polar surface area (TPSA) is 48.0 Å². The number of carbonyl (C=O) groups is 1. The lowest BCUT2D eigenvalue weighted by Gasteiger charge is -1.94. The summed E-state index contributed by atoms with van der Waals surface area (Å²) in [6.07, 6.45) is 4.24. The molecule has 2 aromatic heterocycles. The van der Waals surface area contributed by atoms with Crippen molar-refractivity contribution in [1.82, 2.24) is 9.78 Å². The zero-order valence-electron chi connectivity index (χ0n) is 9.96. The van der Waals surface area contributed by atoms with Crippen LogP contribution in [0.3, 0.4) is 0 Å². The number of aromatic nitrogens is 2. The predicted molar refractivity (Wildman–Crippen MR) is 68.5 cm³/mol. The van der Waals surface area contributed by atoms with Gasteiger partial charge in [0.25, 0.3) is 0 Å². The maximum absolute atomic E-state index is 11.1. The molecular weight excluding hydrogens is 228 g/mol. The molecule has 3 aromatic rings. The van der Waals surface area contributed by atoms with Gasteiger partial charge in [-0.3, -0.25) is 9.48 Å². The second-order valence-corrected chi connectivity index (χ2v) is 4.05. The summed E-state index contributed by atoms with van der Waals surface area (Å²) in [6, 6.07) is 7.73. The minimum atomic E-state index is 0.586. The fraction of sp³-hybridized carbons (Fsp3) is 0.143. The molecule has 2 heterocycles. The van der Waals surface area contributed by atoms with Gasteiger partial charge >= 0.3 is 0 Å². The highest BCUT2D eigenvalue weighted by atomic mass is 16.3. The summed E-state index contributed by atoms with van der Waals surface area (Å²) in [7, 11) is 0. The molecule has 0 aliphatic carbocycles. The molecule has 0 saturated heterocycles.